The smallest absolute Gasteiger partial charge is 0.135 e. The van der Waals surface area contributed by atoms with Crippen molar-refractivity contribution in [3.05, 3.63) is 41.9 Å². The lowest BCUT2D eigenvalue weighted by molar-refractivity contribution is 0.0574. The second-order valence-corrected chi connectivity index (χ2v) is 6.19. The number of rotatable bonds is 7. The highest BCUT2D eigenvalue weighted by molar-refractivity contribution is 5.63. The molecule has 5 N–H and O–H groups in total. The van der Waals surface area contributed by atoms with Gasteiger partial charge in [-0.3, -0.25) is 0 Å². The molecule has 1 heterocycles. The van der Waals surface area contributed by atoms with E-state index in [1.807, 2.05) is 41.8 Å². The van der Waals surface area contributed by atoms with E-state index in [2.05, 4.69) is 4.98 Å². The van der Waals surface area contributed by atoms with E-state index in [1.165, 1.54) is 0 Å². The van der Waals surface area contributed by atoms with Crippen molar-refractivity contribution >= 4 is 0 Å². The molecule has 0 atom stereocenters. The fourth-order valence-electron chi connectivity index (χ4n) is 2.51. The molecule has 0 aliphatic heterocycles. The number of nitrogens with zero attached hydrogens (tertiary/aromatic N) is 2. The van der Waals surface area contributed by atoms with Crippen LogP contribution in [0.2, 0.25) is 0 Å². The van der Waals surface area contributed by atoms with Crippen molar-refractivity contribution < 1.29 is 9.84 Å². The van der Waals surface area contributed by atoms with Crippen LogP contribution in [0.5, 0.6) is 0 Å². The second-order valence-electron chi connectivity index (χ2n) is 6.19. The summed E-state index contributed by atoms with van der Waals surface area (Å²) in [6.07, 6.45) is -0.700. The van der Waals surface area contributed by atoms with Crippen LogP contribution in [0.1, 0.15) is 38.5 Å². The lowest BCUT2D eigenvalue weighted by Gasteiger charge is -2.22. The van der Waals surface area contributed by atoms with Crippen LogP contribution in [0.15, 0.2) is 30.3 Å². The maximum Gasteiger partial charge on any atom is 0.135 e. The van der Waals surface area contributed by atoms with E-state index in [4.69, 9.17) is 16.2 Å². The van der Waals surface area contributed by atoms with Gasteiger partial charge >= 0.3 is 0 Å². The normalized spacial score (nSPS) is 12.1. The van der Waals surface area contributed by atoms with Crippen LogP contribution in [0.3, 0.4) is 0 Å². The Kier molecular flexibility index (Phi) is 5.54. The fraction of sp³-hybridized carbons (Fsp3) is 0.471. The molecule has 0 bridgehead atoms. The Morgan fingerprint density at radius 2 is 1.91 bits per heavy atom. The van der Waals surface area contributed by atoms with Gasteiger partial charge < -0.3 is 25.9 Å². The SMILES string of the molecule is CCOCc1nc(C(N)N)c(-c2ccccc2)n1CC(C)(C)O. The van der Waals surface area contributed by atoms with Gasteiger partial charge in [0.05, 0.1) is 29.7 Å². The van der Waals surface area contributed by atoms with Gasteiger partial charge in [-0.05, 0) is 20.8 Å². The van der Waals surface area contributed by atoms with Crippen molar-refractivity contribution in [3.63, 3.8) is 0 Å². The number of benzene rings is 1. The molecule has 2 rings (SSSR count). The third kappa shape index (κ3) is 4.39. The van der Waals surface area contributed by atoms with E-state index in [-0.39, 0.29) is 0 Å². The fourth-order valence-corrected chi connectivity index (χ4v) is 2.51. The van der Waals surface area contributed by atoms with Gasteiger partial charge in [-0.25, -0.2) is 4.98 Å². The average molecular weight is 318 g/mol. The number of aromatic nitrogens is 2. The molecule has 0 radical (unpaired) electrons. The predicted octanol–water partition coefficient (Wildman–Crippen LogP) is 1.77. The molecule has 0 amide bonds. The van der Waals surface area contributed by atoms with Gasteiger partial charge in [0, 0.05) is 12.2 Å². The molecule has 1 aromatic carbocycles. The first-order valence-corrected chi connectivity index (χ1v) is 7.79. The highest BCUT2D eigenvalue weighted by atomic mass is 16.5. The van der Waals surface area contributed by atoms with Gasteiger partial charge in [-0.2, -0.15) is 0 Å². The molecule has 0 spiro atoms. The van der Waals surface area contributed by atoms with Crippen LogP contribution in [0.4, 0.5) is 0 Å². The molecular formula is C17H26N4O2. The van der Waals surface area contributed by atoms with Crippen LogP contribution < -0.4 is 11.5 Å². The summed E-state index contributed by atoms with van der Waals surface area (Å²) in [4.78, 5) is 4.58. The zero-order valence-electron chi connectivity index (χ0n) is 14.0. The minimum Gasteiger partial charge on any atom is -0.389 e. The molecule has 0 saturated heterocycles. The second kappa shape index (κ2) is 7.23. The summed E-state index contributed by atoms with van der Waals surface area (Å²) in [5.74, 6) is 0.712. The molecule has 0 aliphatic rings. The monoisotopic (exact) mass is 318 g/mol. The quantitative estimate of drug-likeness (QED) is 0.676. The standard InChI is InChI=1S/C17H26N4O2/c1-4-23-10-13-20-14(16(18)19)15(12-8-6-5-7-9-12)21(13)11-17(2,3)22/h5-9,16,22H,4,10-11,18-19H2,1-3H3. The molecule has 1 aromatic heterocycles. The molecule has 6 heteroatoms. The first-order chi connectivity index (χ1) is 10.8. The number of imidazole rings is 1. The maximum atomic E-state index is 10.3. The number of hydrogen-bond donors (Lipinski definition) is 3. The largest absolute Gasteiger partial charge is 0.389 e. The molecule has 0 unspecified atom stereocenters. The summed E-state index contributed by atoms with van der Waals surface area (Å²) in [5, 5.41) is 10.3. The Bertz CT molecular complexity index is 630. The van der Waals surface area contributed by atoms with Crippen LogP contribution in [0, 0.1) is 0 Å². The predicted molar refractivity (Wildman–Crippen MR) is 90.4 cm³/mol. The molecular weight excluding hydrogens is 292 g/mol. The number of hydrogen-bond acceptors (Lipinski definition) is 5. The first kappa shape index (κ1) is 17.6. The minimum absolute atomic E-state index is 0.346. The van der Waals surface area contributed by atoms with Crippen LogP contribution in [-0.2, 0) is 17.9 Å². The Morgan fingerprint density at radius 3 is 2.43 bits per heavy atom. The maximum absolute atomic E-state index is 10.3. The summed E-state index contributed by atoms with van der Waals surface area (Å²) in [6.45, 7) is 6.75. The molecule has 0 fully saturated rings. The number of aliphatic hydroxyl groups is 1. The summed E-state index contributed by atoms with van der Waals surface area (Å²) >= 11 is 0. The molecule has 126 valence electrons. The van der Waals surface area contributed by atoms with E-state index in [0.29, 0.717) is 31.3 Å². The van der Waals surface area contributed by atoms with Crippen molar-refractivity contribution in [1.29, 1.82) is 0 Å². The lowest BCUT2D eigenvalue weighted by atomic mass is 10.1. The first-order valence-electron chi connectivity index (χ1n) is 7.79. The van der Waals surface area contributed by atoms with Gasteiger partial charge in [0.2, 0.25) is 0 Å². The third-order valence-corrected chi connectivity index (χ3v) is 3.42. The van der Waals surface area contributed by atoms with Crippen molar-refractivity contribution in [2.75, 3.05) is 6.61 Å². The van der Waals surface area contributed by atoms with Crippen LogP contribution >= 0.6 is 0 Å². The third-order valence-electron chi connectivity index (χ3n) is 3.42. The summed E-state index contributed by atoms with van der Waals surface area (Å²) in [5.41, 5.74) is 13.3. The average Bonchev–Trinajstić information content (AvgIpc) is 2.83. The van der Waals surface area contributed by atoms with Crippen molar-refractivity contribution in [2.45, 2.75) is 45.7 Å². The van der Waals surface area contributed by atoms with E-state index in [0.717, 1.165) is 11.3 Å². The van der Waals surface area contributed by atoms with E-state index < -0.39 is 11.8 Å². The Hall–Kier alpha value is -1.73. The molecule has 0 aliphatic carbocycles. The highest BCUT2D eigenvalue weighted by Crippen LogP contribution is 2.29. The lowest BCUT2D eigenvalue weighted by Crippen LogP contribution is -2.28. The molecule has 2 aromatic rings. The van der Waals surface area contributed by atoms with Gasteiger partial charge in [0.15, 0.2) is 0 Å². The van der Waals surface area contributed by atoms with Gasteiger partial charge in [-0.15, -0.1) is 0 Å². The zero-order valence-corrected chi connectivity index (χ0v) is 14.0. The molecule has 23 heavy (non-hydrogen) atoms. The topological polar surface area (TPSA) is 99.3 Å². The van der Waals surface area contributed by atoms with E-state index >= 15 is 0 Å². The highest BCUT2D eigenvalue weighted by Gasteiger charge is 2.25. The summed E-state index contributed by atoms with van der Waals surface area (Å²) in [7, 11) is 0. The number of nitrogens with two attached hydrogens (primary N) is 2. The number of ether oxygens (including phenoxy) is 1. The van der Waals surface area contributed by atoms with Crippen molar-refractivity contribution in [2.24, 2.45) is 11.5 Å². The van der Waals surface area contributed by atoms with Gasteiger partial charge in [0.25, 0.3) is 0 Å². The minimum atomic E-state index is -0.902. The Balaban J connectivity index is 2.61. The Morgan fingerprint density at radius 1 is 1.26 bits per heavy atom. The van der Waals surface area contributed by atoms with E-state index in [9.17, 15) is 5.11 Å². The van der Waals surface area contributed by atoms with Gasteiger partial charge in [0.1, 0.15) is 12.4 Å². The Labute approximate surface area is 137 Å². The van der Waals surface area contributed by atoms with Crippen LogP contribution in [0.25, 0.3) is 11.3 Å². The zero-order chi connectivity index (χ0) is 17.0. The van der Waals surface area contributed by atoms with Crippen LogP contribution in [-0.4, -0.2) is 26.9 Å². The van der Waals surface area contributed by atoms with Crippen molar-refractivity contribution in [3.8, 4) is 11.3 Å². The summed E-state index contributed by atoms with van der Waals surface area (Å²) in [6, 6.07) is 9.81. The summed E-state index contributed by atoms with van der Waals surface area (Å²) < 4.78 is 7.46. The molecule has 0 saturated carbocycles. The van der Waals surface area contributed by atoms with Gasteiger partial charge in [-0.1, -0.05) is 30.3 Å². The van der Waals surface area contributed by atoms with Crippen molar-refractivity contribution in [1.82, 2.24) is 9.55 Å². The molecule has 6 nitrogen and oxygen atoms in total. The van der Waals surface area contributed by atoms with E-state index in [1.54, 1.807) is 13.8 Å².